The maximum absolute atomic E-state index is 12.4. The van der Waals surface area contributed by atoms with E-state index < -0.39 is 11.8 Å². The quantitative estimate of drug-likeness (QED) is 0.757. The van der Waals surface area contributed by atoms with Crippen molar-refractivity contribution in [3.05, 3.63) is 16.0 Å². The molecule has 1 spiro atoms. The number of hydrogen-bond acceptors (Lipinski definition) is 6. The molecule has 8 heteroatoms. The van der Waals surface area contributed by atoms with Gasteiger partial charge in [0.05, 0.1) is 51.8 Å². The van der Waals surface area contributed by atoms with E-state index in [9.17, 15) is 9.59 Å². The molecule has 0 aliphatic carbocycles. The first-order valence-electron chi connectivity index (χ1n) is 8.54. The zero-order valence-corrected chi connectivity index (χ0v) is 15.7. The minimum absolute atomic E-state index is 0.0920. The smallest absolute Gasteiger partial charge is 0.341 e. The van der Waals surface area contributed by atoms with Crippen molar-refractivity contribution in [2.75, 3.05) is 45.3 Å². The van der Waals surface area contributed by atoms with E-state index in [0.717, 1.165) is 36.4 Å². The van der Waals surface area contributed by atoms with Crippen LogP contribution < -0.4 is 10.2 Å². The maximum atomic E-state index is 12.4. The number of anilines is 1. The third-order valence-electron chi connectivity index (χ3n) is 4.97. The molecule has 2 fully saturated rings. The molecule has 2 saturated heterocycles. The molecule has 0 radical (unpaired) electrons. The van der Waals surface area contributed by atoms with Gasteiger partial charge in [-0.15, -0.1) is 11.3 Å². The number of thiophene rings is 1. The highest BCUT2D eigenvalue weighted by Gasteiger charge is 2.42. The number of likely N-dealkylation sites (tertiary alicyclic amines) is 1. The molecule has 2 aliphatic rings. The van der Waals surface area contributed by atoms with Crippen LogP contribution in [-0.2, 0) is 19.0 Å². The molecule has 1 aromatic heterocycles. The van der Waals surface area contributed by atoms with Crippen molar-refractivity contribution in [2.45, 2.75) is 32.5 Å². The van der Waals surface area contributed by atoms with Gasteiger partial charge in [0, 0.05) is 4.88 Å². The van der Waals surface area contributed by atoms with Crippen molar-refractivity contribution in [3.8, 4) is 0 Å². The van der Waals surface area contributed by atoms with Gasteiger partial charge in [-0.05, 0) is 19.4 Å². The Morgan fingerprint density at radius 3 is 2.48 bits per heavy atom. The fourth-order valence-corrected chi connectivity index (χ4v) is 4.47. The molecule has 0 unspecified atom stereocenters. The van der Waals surface area contributed by atoms with Crippen LogP contribution in [0, 0.1) is 13.8 Å². The molecule has 3 heterocycles. The number of carbonyl (C=O) groups is 2. The van der Waals surface area contributed by atoms with Gasteiger partial charge in [0.1, 0.15) is 5.00 Å². The van der Waals surface area contributed by atoms with Crippen LogP contribution in [0.1, 0.15) is 33.6 Å². The van der Waals surface area contributed by atoms with Gasteiger partial charge in [-0.1, -0.05) is 0 Å². The van der Waals surface area contributed by atoms with Gasteiger partial charge in [-0.25, -0.2) is 4.79 Å². The summed E-state index contributed by atoms with van der Waals surface area (Å²) in [6.07, 6.45) is 1.61. The summed E-state index contributed by atoms with van der Waals surface area (Å²) in [5.74, 6) is -0.925. The van der Waals surface area contributed by atoms with Crippen LogP contribution in [0.5, 0.6) is 0 Å². The number of methoxy groups -OCH3 is 1. The molecule has 0 aromatic carbocycles. The van der Waals surface area contributed by atoms with E-state index in [2.05, 4.69) is 5.32 Å². The Balaban J connectivity index is 1.58. The summed E-state index contributed by atoms with van der Waals surface area (Å²) in [6, 6.07) is 0. The second kappa shape index (κ2) is 7.41. The average molecular weight is 369 g/mol. The molecule has 3 rings (SSSR count). The maximum Gasteiger partial charge on any atom is 0.341 e. The molecule has 1 amide bonds. The zero-order valence-electron chi connectivity index (χ0n) is 14.9. The van der Waals surface area contributed by atoms with E-state index >= 15 is 0 Å². The van der Waals surface area contributed by atoms with Crippen LogP contribution in [0.25, 0.3) is 0 Å². The van der Waals surface area contributed by atoms with Crippen molar-refractivity contribution in [1.29, 1.82) is 0 Å². The Bertz CT molecular complexity index is 656. The van der Waals surface area contributed by atoms with Crippen molar-refractivity contribution in [3.63, 3.8) is 0 Å². The standard InChI is InChI=1S/C17H24N2O5S/c1-11-12(2)25-15(14(11)16(21)22-3)18-13(20)10-19-6-4-17(5-7-19)23-8-9-24-17/h4-10H2,1-3H3,(H,18,20)/p+1. The fraction of sp³-hybridized carbons (Fsp3) is 0.647. The van der Waals surface area contributed by atoms with E-state index in [-0.39, 0.29) is 5.91 Å². The highest BCUT2D eigenvalue weighted by molar-refractivity contribution is 7.16. The van der Waals surface area contributed by atoms with Crippen molar-refractivity contribution in [2.24, 2.45) is 0 Å². The lowest BCUT2D eigenvalue weighted by atomic mass is 10.0. The van der Waals surface area contributed by atoms with Crippen LogP contribution in [0.3, 0.4) is 0 Å². The number of amides is 1. The van der Waals surface area contributed by atoms with Gasteiger partial charge >= 0.3 is 5.97 Å². The van der Waals surface area contributed by atoms with Crippen LogP contribution in [0.15, 0.2) is 0 Å². The lowest BCUT2D eigenvalue weighted by molar-refractivity contribution is -0.900. The summed E-state index contributed by atoms with van der Waals surface area (Å²) in [4.78, 5) is 26.6. The number of carbonyl (C=O) groups excluding carboxylic acids is 2. The molecular weight excluding hydrogens is 344 g/mol. The van der Waals surface area contributed by atoms with Crippen molar-refractivity contribution in [1.82, 2.24) is 0 Å². The Kier molecular flexibility index (Phi) is 5.43. The summed E-state index contributed by atoms with van der Waals surface area (Å²) >= 11 is 1.41. The van der Waals surface area contributed by atoms with E-state index in [1.54, 1.807) is 0 Å². The van der Waals surface area contributed by atoms with E-state index in [0.29, 0.717) is 30.3 Å². The fourth-order valence-electron chi connectivity index (χ4n) is 3.41. The second-order valence-electron chi connectivity index (χ2n) is 6.56. The number of hydrogen-bond donors (Lipinski definition) is 2. The SMILES string of the molecule is COC(=O)c1c(NC(=O)C[NH+]2CCC3(CC2)OCCO3)sc(C)c1C. The van der Waals surface area contributed by atoms with E-state index in [1.165, 1.54) is 23.3 Å². The van der Waals surface area contributed by atoms with Gasteiger partial charge in [-0.2, -0.15) is 0 Å². The monoisotopic (exact) mass is 369 g/mol. The molecule has 7 nitrogen and oxygen atoms in total. The van der Waals surface area contributed by atoms with E-state index in [4.69, 9.17) is 14.2 Å². The molecule has 0 saturated carbocycles. The summed E-state index contributed by atoms with van der Waals surface area (Å²) in [6.45, 7) is 7.14. The predicted octanol–water partition coefficient (Wildman–Crippen LogP) is 0.512. The first-order chi connectivity index (χ1) is 11.9. The average Bonchev–Trinajstić information content (AvgIpc) is 3.15. The second-order valence-corrected chi connectivity index (χ2v) is 7.79. The number of rotatable bonds is 4. The summed E-state index contributed by atoms with van der Waals surface area (Å²) in [7, 11) is 1.35. The first kappa shape index (κ1) is 18.3. The van der Waals surface area contributed by atoms with Crippen molar-refractivity contribution >= 4 is 28.2 Å². The molecule has 25 heavy (non-hydrogen) atoms. The number of esters is 1. The minimum atomic E-state index is -0.417. The lowest BCUT2D eigenvalue weighted by Gasteiger charge is -2.34. The third-order valence-corrected chi connectivity index (χ3v) is 6.09. The Morgan fingerprint density at radius 1 is 1.24 bits per heavy atom. The number of nitrogens with one attached hydrogen (secondary N) is 2. The number of piperidine rings is 1. The normalized spacial score (nSPS) is 20.0. The van der Waals surface area contributed by atoms with E-state index in [1.807, 2.05) is 13.8 Å². The molecular formula is C17H25N2O5S+. The lowest BCUT2D eigenvalue weighted by Crippen LogP contribution is -3.14. The summed E-state index contributed by atoms with van der Waals surface area (Å²) < 4.78 is 16.3. The number of ether oxygens (including phenoxy) is 3. The topological polar surface area (TPSA) is 78.3 Å². The number of quaternary nitrogens is 1. The van der Waals surface area contributed by atoms with Crippen molar-refractivity contribution < 1.29 is 28.7 Å². The molecule has 0 atom stereocenters. The molecule has 2 N–H and O–H groups in total. The van der Waals surface area contributed by atoms with Crippen LogP contribution in [0.4, 0.5) is 5.00 Å². The third kappa shape index (κ3) is 3.87. The van der Waals surface area contributed by atoms with Gasteiger partial charge in [0.2, 0.25) is 0 Å². The van der Waals surface area contributed by atoms with Gasteiger partial charge in [-0.3, -0.25) is 4.79 Å². The number of aryl methyl sites for hydroxylation is 1. The molecule has 2 aliphatic heterocycles. The minimum Gasteiger partial charge on any atom is -0.465 e. The Morgan fingerprint density at radius 2 is 1.88 bits per heavy atom. The zero-order chi connectivity index (χ0) is 18.0. The Hall–Kier alpha value is -1.48. The van der Waals surface area contributed by atoms with Crippen LogP contribution >= 0.6 is 11.3 Å². The largest absolute Gasteiger partial charge is 0.465 e. The van der Waals surface area contributed by atoms with Crippen LogP contribution in [-0.4, -0.2) is 57.6 Å². The predicted molar refractivity (Wildman–Crippen MR) is 93.2 cm³/mol. The van der Waals surface area contributed by atoms with Crippen LogP contribution in [0.2, 0.25) is 0 Å². The van der Waals surface area contributed by atoms with Gasteiger partial charge in [0.25, 0.3) is 5.91 Å². The van der Waals surface area contributed by atoms with Gasteiger partial charge < -0.3 is 24.4 Å². The first-order valence-corrected chi connectivity index (χ1v) is 9.35. The summed E-state index contributed by atoms with van der Waals surface area (Å²) in [5, 5.41) is 3.46. The highest BCUT2D eigenvalue weighted by atomic mass is 32.1. The Labute approximate surface area is 151 Å². The molecule has 1 aromatic rings. The highest BCUT2D eigenvalue weighted by Crippen LogP contribution is 2.33. The molecule has 138 valence electrons. The van der Waals surface area contributed by atoms with Gasteiger partial charge in [0.15, 0.2) is 12.3 Å². The summed E-state index contributed by atoms with van der Waals surface area (Å²) in [5.41, 5.74) is 1.31. The molecule has 0 bridgehead atoms.